The predicted molar refractivity (Wildman–Crippen MR) is 99.2 cm³/mol. The summed E-state index contributed by atoms with van der Waals surface area (Å²) in [7, 11) is 0. The quantitative estimate of drug-likeness (QED) is 0.794. The topological polar surface area (TPSA) is 51.4 Å². The molecule has 3 heterocycles. The summed E-state index contributed by atoms with van der Waals surface area (Å²) in [5, 5.41) is 4.55. The lowest BCUT2D eigenvalue weighted by Gasteiger charge is -2.42. The van der Waals surface area contributed by atoms with E-state index in [1.165, 1.54) is 70.9 Å². The lowest BCUT2D eigenvalue weighted by atomic mass is 9.73. The van der Waals surface area contributed by atoms with Crippen molar-refractivity contribution < 1.29 is 9.26 Å². The Morgan fingerprint density at radius 2 is 1.69 bits per heavy atom. The van der Waals surface area contributed by atoms with E-state index in [1.54, 1.807) is 0 Å². The van der Waals surface area contributed by atoms with Crippen LogP contribution in [0.2, 0.25) is 0 Å². The molecule has 0 atom stereocenters. The average molecular weight is 360 g/mol. The van der Waals surface area contributed by atoms with Crippen LogP contribution in [0.5, 0.6) is 0 Å². The molecule has 2 aliphatic heterocycles. The van der Waals surface area contributed by atoms with Crippen molar-refractivity contribution in [3.8, 4) is 0 Å². The molecule has 0 bridgehead atoms. The molecule has 0 amide bonds. The average Bonchev–Trinajstić information content (AvgIpc) is 3.17. The third kappa shape index (κ3) is 3.45. The minimum absolute atomic E-state index is 0.170. The van der Waals surface area contributed by atoms with Gasteiger partial charge in [-0.2, -0.15) is 4.98 Å². The molecule has 5 heteroatoms. The molecule has 1 aromatic rings. The number of rotatable bonds is 5. The Morgan fingerprint density at radius 3 is 2.38 bits per heavy atom. The smallest absolute Gasteiger partial charge is 0.229 e. The molecule has 2 saturated heterocycles. The molecular weight excluding hydrogens is 326 g/mol. The van der Waals surface area contributed by atoms with E-state index >= 15 is 0 Å². The van der Waals surface area contributed by atoms with Gasteiger partial charge in [-0.15, -0.1) is 0 Å². The number of nitrogens with zero attached hydrogens (tertiary/aromatic N) is 3. The molecule has 1 aromatic heterocycles. The SMILES string of the molecule is C1CCC(N2CCC(CC3CC3)(c3noc(C4CCOCC4)n3)CC2)C1. The van der Waals surface area contributed by atoms with Crippen molar-refractivity contribution in [3.63, 3.8) is 0 Å². The normalized spacial score (nSPS) is 28.6. The summed E-state index contributed by atoms with van der Waals surface area (Å²) in [6, 6.07) is 0.844. The van der Waals surface area contributed by atoms with Crippen molar-refractivity contribution in [1.82, 2.24) is 15.0 Å². The van der Waals surface area contributed by atoms with Crippen LogP contribution in [-0.2, 0) is 10.2 Å². The van der Waals surface area contributed by atoms with Gasteiger partial charge in [0.05, 0.1) is 0 Å². The maximum absolute atomic E-state index is 5.78. The lowest BCUT2D eigenvalue weighted by Crippen LogP contribution is -2.47. The Morgan fingerprint density at radius 1 is 0.962 bits per heavy atom. The first-order valence-corrected chi connectivity index (χ1v) is 11.0. The van der Waals surface area contributed by atoms with Gasteiger partial charge in [-0.1, -0.05) is 30.8 Å². The zero-order valence-electron chi connectivity index (χ0n) is 16.0. The van der Waals surface area contributed by atoms with Crippen LogP contribution in [0.15, 0.2) is 4.52 Å². The molecule has 144 valence electrons. The van der Waals surface area contributed by atoms with Gasteiger partial charge in [0.1, 0.15) is 0 Å². The van der Waals surface area contributed by atoms with E-state index < -0.39 is 0 Å². The highest BCUT2D eigenvalue weighted by molar-refractivity contribution is 5.13. The van der Waals surface area contributed by atoms with Gasteiger partial charge in [-0.3, -0.25) is 0 Å². The summed E-state index contributed by atoms with van der Waals surface area (Å²) in [4.78, 5) is 7.74. The molecule has 5 rings (SSSR count). The van der Waals surface area contributed by atoms with Crippen molar-refractivity contribution in [1.29, 1.82) is 0 Å². The first-order chi connectivity index (χ1) is 12.8. The summed E-state index contributed by atoms with van der Waals surface area (Å²) in [6.07, 6.45) is 14.2. The van der Waals surface area contributed by atoms with Gasteiger partial charge in [0.15, 0.2) is 5.82 Å². The molecule has 2 saturated carbocycles. The molecule has 0 aromatic carbocycles. The highest BCUT2D eigenvalue weighted by Crippen LogP contribution is 2.47. The van der Waals surface area contributed by atoms with Gasteiger partial charge < -0.3 is 14.2 Å². The number of aromatic nitrogens is 2. The molecule has 4 fully saturated rings. The maximum atomic E-state index is 5.78. The molecule has 4 aliphatic rings. The number of ether oxygens (including phenoxy) is 1. The Kier molecular flexibility index (Phi) is 4.78. The predicted octanol–water partition coefficient (Wildman–Crippen LogP) is 4.04. The third-order valence-electron chi connectivity index (χ3n) is 7.46. The van der Waals surface area contributed by atoms with Crippen LogP contribution >= 0.6 is 0 Å². The van der Waals surface area contributed by atoms with Crippen molar-refractivity contribution >= 4 is 0 Å². The van der Waals surface area contributed by atoms with Crippen LogP contribution in [0.25, 0.3) is 0 Å². The largest absolute Gasteiger partial charge is 0.381 e. The standard InChI is InChI=1S/C21H33N3O2/c1-2-4-18(3-1)24-11-9-21(10-12-24,15-16-5-6-16)20-22-19(26-23-20)17-7-13-25-14-8-17/h16-18H,1-15H2. The number of hydrogen-bond acceptors (Lipinski definition) is 5. The molecule has 0 unspecified atom stereocenters. The second-order valence-corrected chi connectivity index (χ2v) is 9.24. The minimum Gasteiger partial charge on any atom is -0.381 e. The maximum Gasteiger partial charge on any atom is 0.229 e. The number of piperidine rings is 1. The highest BCUT2D eigenvalue weighted by Gasteiger charge is 2.45. The van der Waals surface area contributed by atoms with E-state index in [9.17, 15) is 0 Å². The van der Waals surface area contributed by atoms with Gasteiger partial charge in [0.2, 0.25) is 5.89 Å². The van der Waals surface area contributed by atoms with Crippen molar-refractivity contribution in [3.05, 3.63) is 11.7 Å². The molecule has 5 nitrogen and oxygen atoms in total. The Labute approximate surface area is 156 Å². The molecule has 0 N–H and O–H groups in total. The van der Waals surface area contributed by atoms with Gasteiger partial charge >= 0.3 is 0 Å². The summed E-state index contributed by atoms with van der Waals surface area (Å²) in [6.45, 7) is 4.09. The first-order valence-electron chi connectivity index (χ1n) is 11.0. The summed E-state index contributed by atoms with van der Waals surface area (Å²) in [5.41, 5.74) is 0.170. The fourth-order valence-corrected chi connectivity index (χ4v) is 5.54. The second kappa shape index (κ2) is 7.23. The van der Waals surface area contributed by atoms with Gasteiger partial charge in [0.25, 0.3) is 0 Å². The minimum atomic E-state index is 0.170. The molecule has 2 aliphatic carbocycles. The summed E-state index contributed by atoms with van der Waals surface area (Å²) in [5.74, 6) is 3.20. The Hall–Kier alpha value is -0.940. The second-order valence-electron chi connectivity index (χ2n) is 9.24. The third-order valence-corrected chi connectivity index (χ3v) is 7.46. The van der Waals surface area contributed by atoms with Crippen molar-refractivity contribution in [2.75, 3.05) is 26.3 Å². The zero-order chi connectivity index (χ0) is 17.4. The van der Waals surface area contributed by atoms with E-state index in [0.717, 1.165) is 49.7 Å². The molecule has 0 radical (unpaired) electrons. The van der Waals surface area contributed by atoms with E-state index in [4.69, 9.17) is 14.2 Å². The summed E-state index contributed by atoms with van der Waals surface area (Å²) < 4.78 is 11.3. The molecule has 26 heavy (non-hydrogen) atoms. The van der Waals surface area contributed by atoms with Gasteiger partial charge in [-0.25, -0.2) is 0 Å². The van der Waals surface area contributed by atoms with Crippen LogP contribution in [-0.4, -0.2) is 47.4 Å². The van der Waals surface area contributed by atoms with Gasteiger partial charge in [0, 0.05) is 30.6 Å². The Balaban J connectivity index is 1.32. The van der Waals surface area contributed by atoms with Crippen LogP contribution in [0, 0.1) is 5.92 Å². The molecule has 0 spiro atoms. The fourth-order valence-electron chi connectivity index (χ4n) is 5.54. The molecular formula is C21H33N3O2. The highest BCUT2D eigenvalue weighted by atomic mass is 16.5. The van der Waals surface area contributed by atoms with E-state index in [1.807, 2.05) is 0 Å². The van der Waals surface area contributed by atoms with E-state index in [2.05, 4.69) is 10.1 Å². The zero-order valence-corrected chi connectivity index (χ0v) is 16.0. The van der Waals surface area contributed by atoms with Crippen LogP contribution in [0.4, 0.5) is 0 Å². The number of hydrogen-bond donors (Lipinski definition) is 0. The van der Waals surface area contributed by atoms with Gasteiger partial charge in [-0.05, 0) is 64.0 Å². The Bertz CT molecular complexity index is 592. The van der Waals surface area contributed by atoms with Crippen LogP contribution < -0.4 is 0 Å². The first kappa shape index (κ1) is 17.2. The van der Waals surface area contributed by atoms with E-state index in [0.29, 0.717) is 5.92 Å². The lowest BCUT2D eigenvalue weighted by molar-refractivity contribution is 0.0778. The fraction of sp³-hybridized carbons (Fsp3) is 0.905. The van der Waals surface area contributed by atoms with Crippen molar-refractivity contribution in [2.45, 2.75) is 88.0 Å². The van der Waals surface area contributed by atoms with E-state index in [-0.39, 0.29) is 5.41 Å². The monoisotopic (exact) mass is 359 g/mol. The van der Waals surface area contributed by atoms with Crippen molar-refractivity contribution in [2.24, 2.45) is 5.92 Å². The van der Waals surface area contributed by atoms with Crippen LogP contribution in [0.3, 0.4) is 0 Å². The van der Waals surface area contributed by atoms with Crippen LogP contribution in [0.1, 0.15) is 88.3 Å². The number of likely N-dealkylation sites (tertiary alicyclic amines) is 1. The summed E-state index contributed by atoms with van der Waals surface area (Å²) >= 11 is 0.